The highest BCUT2D eigenvalue weighted by Gasteiger charge is 2.40. The Bertz CT molecular complexity index is 558. The maximum atomic E-state index is 12.7. The van der Waals surface area contributed by atoms with Crippen molar-refractivity contribution in [3.8, 4) is 0 Å². The van der Waals surface area contributed by atoms with Crippen molar-refractivity contribution in [3.05, 3.63) is 29.8 Å². The zero-order chi connectivity index (χ0) is 15.8. The van der Waals surface area contributed by atoms with Crippen molar-refractivity contribution in [2.75, 3.05) is 11.4 Å². The van der Waals surface area contributed by atoms with Crippen LogP contribution in [0.3, 0.4) is 0 Å². The summed E-state index contributed by atoms with van der Waals surface area (Å²) in [6.07, 6.45) is 0. The molecule has 0 bridgehead atoms. The molecular weight excluding hydrogens is 264 g/mol. The fourth-order valence-corrected chi connectivity index (χ4v) is 2.50. The molecule has 1 N–H and O–H groups in total. The molecule has 0 saturated carbocycles. The van der Waals surface area contributed by atoms with E-state index in [0.29, 0.717) is 5.92 Å². The van der Waals surface area contributed by atoms with Gasteiger partial charge in [0.15, 0.2) is 0 Å². The first-order valence-electron chi connectivity index (χ1n) is 7.41. The van der Waals surface area contributed by atoms with E-state index in [1.165, 1.54) is 5.56 Å². The molecule has 0 aliphatic carbocycles. The molecule has 1 saturated heterocycles. The SMILES string of the molecule is CC(C)c1cccc(N2CC(=O)NC(C(C)(C)C)C2=O)c1. The van der Waals surface area contributed by atoms with Gasteiger partial charge in [0.2, 0.25) is 5.91 Å². The van der Waals surface area contributed by atoms with Crippen LogP contribution >= 0.6 is 0 Å². The van der Waals surface area contributed by atoms with Gasteiger partial charge in [-0.3, -0.25) is 9.59 Å². The molecule has 0 spiro atoms. The molecule has 1 heterocycles. The second-order valence-electron chi connectivity index (χ2n) is 7.04. The minimum Gasteiger partial charge on any atom is -0.342 e. The Labute approximate surface area is 126 Å². The normalized spacial score (nSPS) is 19.9. The van der Waals surface area contributed by atoms with Crippen molar-refractivity contribution in [1.29, 1.82) is 0 Å². The maximum absolute atomic E-state index is 12.7. The molecule has 4 nitrogen and oxygen atoms in total. The lowest BCUT2D eigenvalue weighted by Crippen LogP contribution is -2.62. The van der Waals surface area contributed by atoms with Gasteiger partial charge in [0.25, 0.3) is 5.91 Å². The summed E-state index contributed by atoms with van der Waals surface area (Å²) in [5.74, 6) is 0.240. The van der Waals surface area contributed by atoms with Crippen LogP contribution in [-0.4, -0.2) is 24.4 Å². The lowest BCUT2D eigenvalue weighted by molar-refractivity contribution is -0.133. The van der Waals surface area contributed by atoms with E-state index in [-0.39, 0.29) is 23.8 Å². The first-order valence-corrected chi connectivity index (χ1v) is 7.41. The number of nitrogens with one attached hydrogen (secondary N) is 1. The molecule has 1 fully saturated rings. The number of anilines is 1. The Kier molecular flexibility index (Phi) is 4.08. The van der Waals surface area contributed by atoms with Gasteiger partial charge in [0, 0.05) is 5.69 Å². The van der Waals surface area contributed by atoms with Crippen LogP contribution in [0.5, 0.6) is 0 Å². The number of carbonyl (C=O) groups excluding carboxylic acids is 2. The largest absolute Gasteiger partial charge is 0.342 e. The minimum absolute atomic E-state index is 0.0389. The van der Waals surface area contributed by atoms with Gasteiger partial charge >= 0.3 is 0 Å². The number of piperazine rings is 1. The fraction of sp³-hybridized carbons (Fsp3) is 0.529. The molecule has 1 aromatic rings. The van der Waals surface area contributed by atoms with Crippen molar-refractivity contribution in [2.24, 2.45) is 5.41 Å². The van der Waals surface area contributed by atoms with Crippen LogP contribution in [0.1, 0.15) is 46.1 Å². The first kappa shape index (κ1) is 15.5. The molecule has 1 aromatic carbocycles. The highest BCUT2D eigenvalue weighted by Crippen LogP contribution is 2.28. The number of hydrogen-bond acceptors (Lipinski definition) is 2. The predicted octanol–water partition coefficient (Wildman–Crippen LogP) is 2.69. The number of benzene rings is 1. The summed E-state index contributed by atoms with van der Waals surface area (Å²) in [4.78, 5) is 26.3. The topological polar surface area (TPSA) is 49.4 Å². The Balaban J connectivity index is 2.36. The van der Waals surface area contributed by atoms with E-state index in [0.717, 1.165) is 5.69 Å². The molecule has 4 heteroatoms. The van der Waals surface area contributed by atoms with E-state index in [2.05, 4.69) is 19.2 Å². The molecule has 1 atom stereocenters. The predicted molar refractivity (Wildman–Crippen MR) is 84.3 cm³/mol. The summed E-state index contributed by atoms with van der Waals surface area (Å²) >= 11 is 0. The molecule has 21 heavy (non-hydrogen) atoms. The van der Waals surface area contributed by atoms with Crippen LogP contribution in [0.15, 0.2) is 24.3 Å². The third kappa shape index (κ3) is 3.26. The zero-order valence-electron chi connectivity index (χ0n) is 13.4. The van der Waals surface area contributed by atoms with Crippen molar-refractivity contribution in [3.63, 3.8) is 0 Å². The van der Waals surface area contributed by atoms with Gasteiger partial charge in [-0.2, -0.15) is 0 Å². The highest BCUT2D eigenvalue weighted by molar-refractivity contribution is 6.07. The van der Waals surface area contributed by atoms with E-state index in [4.69, 9.17) is 0 Å². The standard InChI is InChI=1S/C17H24N2O2/c1-11(2)12-7-6-8-13(9-12)19-10-14(20)18-15(16(19)21)17(3,4)5/h6-9,11,15H,10H2,1-5H3,(H,18,20). The van der Waals surface area contributed by atoms with Gasteiger partial charge in [0.05, 0.1) is 0 Å². The maximum Gasteiger partial charge on any atom is 0.250 e. The van der Waals surface area contributed by atoms with Crippen LogP contribution in [0.4, 0.5) is 5.69 Å². The zero-order valence-corrected chi connectivity index (χ0v) is 13.4. The number of rotatable bonds is 2. The highest BCUT2D eigenvalue weighted by atomic mass is 16.2. The summed E-state index contributed by atoms with van der Waals surface area (Å²) in [7, 11) is 0. The fourth-order valence-electron chi connectivity index (χ4n) is 2.50. The van der Waals surface area contributed by atoms with Crippen LogP contribution in [0, 0.1) is 5.41 Å². The molecule has 114 valence electrons. The number of nitrogens with zero attached hydrogens (tertiary/aromatic N) is 1. The van der Waals surface area contributed by atoms with Crippen molar-refractivity contribution < 1.29 is 9.59 Å². The molecular formula is C17H24N2O2. The monoisotopic (exact) mass is 288 g/mol. The van der Waals surface area contributed by atoms with Crippen LogP contribution in [0.2, 0.25) is 0 Å². The van der Waals surface area contributed by atoms with Crippen LogP contribution < -0.4 is 10.2 Å². The molecule has 1 unspecified atom stereocenters. The van der Waals surface area contributed by atoms with Crippen LogP contribution in [0.25, 0.3) is 0 Å². The smallest absolute Gasteiger partial charge is 0.250 e. The Hall–Kier alpha value is -1.84. The molecule has 2 amide bonds. The molecule has 0 radical (unpaired) electrons. The summed E-state index contributed by atoms with van der Waals surface area (Å²) < 4.78 is 0. The molecule has 0 aromatic heterocycles. The van der Waals surface area contributed by atoms with Crippen molar-refractivity contribution in [1.82, 2.24) is 5.32 Å². The lowest BCUT2D eigenvalue weighted by Gasteiger charge is -2.39. The van der Waals surface area contributed by atoms with Gasteiger partial charge in [0.1, 0.15) is 12.6 Å². The lowest BCUT2D eigenvalue weighted by atomic mass is 9.84. The van der Waals surface area contributed by atoms with Gasteiger partial charge in [-0.05, 0) is 29.0 Å². The van der Waals surface area contributed by atoms with Gasteiger partial charge in [-0.15, -0.1) is 0 Å². The van der Waals surface area contributed by atoms with Crippen molar-refractivity contribution >= 4 is 17.5 Å². The van der Waals surface area contributed by atoms with E-state index in [1.807, 2.05) is 45.0 Å². The van der Waals surface area contributed by atoms with Crippen LogP contribution in [-0.2, 0) is 9.59 Å². The van der Waals surface area contributed by atoms with E-state index >= 15 is 0 Å². The summed E-state index contributed by atoms with van der Waals surface area (Å²) in [6, 6.07) is 7.39. The first-order chi connectivity index (χ1) is 9.70. The number of carbonyl (C=O) groups is 2. The van der Waals surface area contributed by atoms with Gasteiger partial charge < -0.3 is 10.2 Å². The van der Waals surface area contributed by atoms with Crippen molar-refractivity contribution in [2.45, 2.75) is 46.6 Å². The van der Waals surface area contributed by atoms with E-state index < -0.39 is 6.04 Å². The average Bonchev–Trinajstić information content (AvgIpc) is 2.40. The number of amides is 2. The summed E-state index contributed by atoms with van der Waals surface area (Å²) in [5.41, 5.74) is 1.66. The third-order valence-corrected chi connectivity index (χ3v) is 3.83. The summed E-state index contributed by atoms with van der Waals surface area (Å²) in [5, 5.41) is 2.81. The Morgan fingerprint density at radius 3 is 2.48 bits per heavy atom. The Morgan fingerprint density at radius 1 is 1.24 bits per heavy atom. The number of hydrogen-bond donors (Lipinski definition) is 1. The van der Waals surface area contributed by atoms with Gasteiger partial charge in [-0.1, -0.05) is 46.8 Å². The second kappa shape index (κ2) is 5.51. The van der Waals surface area contributed by atoms with E-state index in [9.17, 15) is 9.59 Å². The second-order valence-corrected chi connectivity index (χ2v) is 7.04. The molecule has 1 aliphatic rings. The van der Waals surface area contributed by atoms with Gasteiger partial charge in [-0.25, -0.2) is 0 Å². The summed E-state index contributed by atoms with van der Waals surface area (Å²) in [6.45, 7) is 10.2. The van der Waals surface area contributed by atoms with E-state index in [1.54, 1.807) is 4.90 Å². The quantitative estimate of drug-likeness (QED) is 0.909. The minimum atomic E-state index is -0.485. The molecule has 1 aliphatic heterocycles. The average molecular weight is 288 g/mol. The molecule has 2 rings (SSSR count). The Morgan fingerprint density at radius 2 is 1.90 bits per heavy atom. The third-order valence-electron chi connectivity index (χ3n) is 3.83.